The molecular formula is C14H20N2O5. The van der Waals surface area contributed by atoms with Gasteiger partial charge in [0.15, 0.2) is 0 Å². The van der Waals surface area contributed by atoms with E-state index in [1.54, 1.807) is 25.3 Å². The lowest BCUT2D eigenvalue weighted by molar-refractivity contribution is -0.145. The molecule has 0 saturated carbocycles. The van der Waals surface area contributed by atoms with Gasteiger partial charge in [-0.3, -0.25) is 4.79 Å². The number of hydrogen-bond donors (Lipinski definition) is 1. The highest BCUT2D eigenvalue weighted by Gasteiger charge is 2.22. The summed E-state index contributed by atoms with van der Waals surface area (Å²) in [6, 6.07) is 2.68. The fourth-order valence-electron chi connectivity index (χ4n) is 1.65. The third kappa shape index (κ3) is 5.78. The van der Waals surface area contributed by atoms with Crippen LogP contribution in [0.4, 0.5) is 0 Å². The molecule has 1 atom stereocenters. The normalized spacial score (nSPS) is 11.6. The molecule has 0 bridgehead atoms. The Kier molecular flexibility index (Phi) is 7.17. The van der Waals surface area contributed by atoms with Crippen LogP contribution >= 0.6 is 0 Å². The predicted octanol–water partition coefficient (Wildman–Crippen LogP) is 0.327. The smallest absolute Gasteiger partial charge is 0.328 e. The van der Waals surface area contributed by atoms with Gasteiger partial charge in [0.25, 0.3) is 0 Å². The Bertz CT molecular complexity index is 461. The summed E-state index contributed by atoms with van der Waals surface area (Å²) in [5.41, 5.74) is 0.780. The molecule has 7 heteroatoms. The monoisotopic (exact) mass is 296 g/mol. The highest BCUT2D eigenvalue weighted by molar-refractivity contribution is 5.85. The number of amides is 1. The molecule has 1 rings (SSSR count). The van der Waals surface area contributed by atoms with Crippen LogP contribution in [-0.2, 0) is 25.5 Å². The standard InChI is InChI=1S/C14H20N2O5/c1-4-21-9-12(17)16-11(14(18)20-3)7-10-5-6-13(19-2)15-8-10/h5-6,8,11H,4,7,9H2,1-3H3,(H,16,17)/t11-/m1/s1. The first-order chi connectivity index (χ1) is 10.1. The van der Waals surface area contributed by atoms with Gasteiger partial charge in [-0.2, -0.15) is 0 Å². The Morgan fingerprint density at radius 2 is 2.10 bits per heavy atom. The molecule has 0 unspecified atom stereocenters. The maximum Gasteiger partial charge on any atom is 0.328 e. The van der Waals surface area contributed by atoms with Crippen molar-refractivity contribution in [3.05, 3.63) is 23.9 Å². The molecule has 0 saturated heterocycles. The predicted molar refractivity (Wildman–Crippen MR) is 74.9 cm³/mol. The molecule has 7 nitrogen and oxygen atoms in total. The Labute approximate surface area is 123 Å². The molecule has 0 aliphatic heterocycles. The van der Waals surface area contributed by atoms with E-state index in [1.165, 1.54) is 14.2 Å². The second-order valence-electron chi connectivity index (χ2n) is 4.19. The van der Waals surface area contributed by atoms with E-state index in [4.69, 9.17) is 14.2 Å². The minimum atomic E-state index is -0.779. The minimum Gasteiger partial charge on any atom is -0.481 e. The number of pyridine rings is 1. The number of nitrogens with one attached hydrogen (secondary N) is 1. The van der Waals surface area contributed by atoms with Crippen molar-refractivity contribution in [2.45, 2.75) is 19.4 Å². The number of aromatic nitrogens is 1. The third-order valence-electron chi connectivity index (χ3n) is 2.70. The summed E-state index contributed by atoms with van der Waals surface area (Å²) in [5.74, 6) is -0.405. The van der Waals surface area contributed by atoms with Crippen molar-refractivity contribution in [2.75, 3.05) is 27.4 Å². The Morgan fingerprint density at radius 1 is 1.33 bits per heavy atom. The van der Waals surface area contributed by atoms with E-state index < -0.39 is 12.0 Å². The van der Waals surface area contributed by atoms with Crippen LogP contribution in [0.5, 0.6) is 5.88 Å². The maximum atomic E-state index is 11.7. The molecule has 1 amide bonds. The van der Waals surface area contributed by atoms with Crippen molar-refractivity contribution in [3.8, 4) is 5.88 Å². The molecule has 1 aromatic rings. The summed E-state index contributed by atoms with van der Waals surface area (Å²) in [6.07, 6.45) is 1.87. The number of esters is 1. The van der Waals surface area contributed by atoms with Crippen LogP contribution in [0.3, 0.4) is 0 Å². The van der Waals surface area contributed by atoms with Crippen molar-refractivity contribution in [1.29, 1.82) is 0 Å². The van der Waals surface area contributed by atoms with Gasteiger partial charge < -0.3 is 19.5 Å². The topological polar surface area (TPSA) is 86.8 Å². The van der Waals surface area contributed by atoms with Crippen LogP contribution in [0, 0.1) is 0 Å². The summed E-state index contributed by atoms with van der Waals surface area (Å²) in [5, 5.41) is 2.58. The van der Waals surface area contributed by atoms with Crippen molar-refractivity contribution in [2.24, 2.45) is 0 Å². The van der Waals surface area contributed by atoms with Crippen LogP contribution in [0.15, 0.2) is 18.3 Å². The zero-order chi connectivity index (χ0) is 15.7. The lowest BCUT2D eigenvalue weighted by atomic mass is 10.1. The van der Waals surface area contributed by atoms with Crippen LogP contribution in [0.1, 0.15) is 12.5 Å². The molecule has 0 aliphatic carbocycles. The van der Waals surface area contributed by atoms with E-state index in [9.17, 15) is 9.59 Å². The minimum absolute atomic E-state index is 0.0924. The number of nitrogens with zero attached hydrogens (tertiary/aromatic N) is 1. The molecule has 21 heavy (non-hydrogen) atoms. The summed E-state index contributed by atoms with van der Waals surface area (Å²) < 4.78 is 14.7. The molecule has 0 fully saturated rings. The lowest BCUT2D eigenvalue weighted by Crippen LogP contribution is -2.44. The van der Waals surface area contributed by atoms with Crippen molar-refractivity contribution in [1.82, 2.24) is 10.3 Å². The number of methoxy groups -OCH3 is 2. The first-order valence-electron chi connectivity index (χ1n) is 6.54. The van der Waals surface area contributed by atoms with Crippen LogP contribution < -0.4 is 10.1 Å². The molecule has 0 spiro atoms. The zero-order valence-electron chi connectivity index (χ0n) is 12.4. The van der Waals surface area contributed by atoms with Gasteiger partial charge in [0.1, 0.15) is 12.6 Å². The molecular weight excluding hydrogens is 276 g/mol. The number of ether oxygens (including phenoxy) is 3. The highest BCUT2D eigenvalue weighted by atomic mass is 16.5. The average Bonchev–Trinajstić information content (AvgIpc) is 2.52. The van der Waals surface area contributed by atoms with Gasteiger partial charge in [-0.25, -0.2) is 9.78 Å². The summed E-state index contributed by atoms with van der Waals surface area (Å²) in [6.45, 7) is 2.12. The fraction of sp³-hybridized carbons (Fsp3) is 0.500. The number of carbonyl (C=O) groups is 2. The fourth-order valence-corrected chi connectivity index (χ4v) is 1.65. The molecule has 0 aliphatic rings. The third-order valence-corrected chi connectivity index (χ3v) is 2.70. The van der Waals surface area contributed by atoms with Crippen molar-refractivity contribution in [3.63, 3.8) is 0 Å². The van der Waals surface area contributed by atoms with Gasteiger partial charge in [0.2, 0.25) is 11.8 Å². The van der Waals surface area contributed by atoms with Gasteiger partial charge in [-0.05, 0) is 12.5 Å². The van der Waals surface area contributed by atoms with E-state index in [1.807, 2.05) is 0 Å². The summed E-state index contributed by atoms with van der Waals surface area (Å²) in [4.78, 5) is 27.4. The Balaban J connectivity index is 2.68. The molecule has 116 valence electrons. The van der Waals surface area contributed by atoms with E-state index in [2.05, 4.69) is 10.3 Å². The van der Waals surface area contributed by atoms with Gasteiger partial charge in [0, 0.05) is 25.3 Å². The van der Waals surface area contributed by atoms with E-state index in [0.717, 1.165) is 5.56 Å². The van der Waals surface area contributed by atoms with E-state index in [-0.39, 0.29) is 18.9 Å². The van der Waals surface area contributed by atoms with Gasteiger partial charge >= 0.3 is 5.97 Å². The second-order valence-corrected chi connectivity index (χ2v) is 4.19. The number of hydrogen-bond acceptors (Lipinski definition) is 6. The molecule has 1 aromatic heterocycles. The van der Waals surface area contributed by atoms with Crippen molar-refractivity contribution < 1.29 is 23.8 Å². The van der Waals surface area contributed by atoms with Crippen LogP contribution in [0.2, 0.25) is 0 Å². The van der Waals surface area contributed by atoms with Gasteiger partial charge in [-0.15, -0.1) is 0 Å². The molecule has 0 radical (unpaired) electrons. The van der Waals surface area contributed by atoms with Crippen LogP contribution in [-0.4, -0.2) is 50.3 Å². The second kappa shape index (κ2) is 8.91. The number of rotatable bonds is 8. The van der Waals surface area contributed by atoms with E-state index >= 15 is 0 Å². The molecule has 1 N–H and O–H groups in total. The summed E-state index contributed by atoms with van der Waals surface area (Å²) in [7, 11) is 2.80. The summed E-state index contributed by atoms with van der Waals surface area (Å²) >= 11 is 0. The quantitative estimate of drug-likeness (QED) is 0.696. The lowest BCUT2D eigenvalue weighted by Gasteiger charge is -2.16. The molecule has 1 heterocycles. The van der Waals surface area contributed by atoms with Gasteiger partial charge in [0.05, 0.1) is 14.2 Å². The average molecular weight is 296 g/mol. The largest absolute Gasteiger partial charge is 0.481 e. The Hall–Kier alpha value is -2.15. The van der Waals surface area contributed by atoms with E-state index in [0.29, 0.717) is 12.5 Å². The molecule has 0 aromatic carbocycles. The maximum absolute atomic E-state index is 11.7. The zero-order valence-corrected chi connectivity index (χ0v) is 12.4. The first kappa shape index (κ1) is 16.9. The Morgan fingerprint density at radius 3 is 2.62 bits per heavy atom. The SMILES string of the molecule is CCOCC(=O)N[C@H](Cc1ccc(OC)nc1)C(=O)OC. The highest BCUT2D eigenvalue weighted by Crippen LogP contribution is 2.09. The van der Waals surface area contributed by atoms with Gasteiger partial charge in [-0.1, -0.05) is 6.07 Å². The van der Waals surface area contributed by atoms with Crippen molar-refractivity contribution >= 4 is 11.9 Å². The first-order valence-corrected chi connectivity index (χ1v) is 6.54. The number of carbonyl (C=O) groups excluding carboxylic acids is 2. The van der Waals surface area contributed by atoms with Crippen LogP contribution in [0.25, 0.3) is 0 Å².